The van der Waals surface area contributed by atoms with E-state index in [4.69, 9.17) is 0 Å². The lowest BCUT2D eigenvalue weighted by Crippen LogP contribution is -2.37. The first-order chi connectivity index (χ1) is 12.2. The van der Waals surface area contributed by atoms with Gasteiger partial charge in [-0.1, -0.05) is 19.1 Å². The Labute approximate surface area is 149 Å². The summed E-state index contributed by atoms with van der Waals surface area (Å²) in [5.41, 5.74) is 0.425. The Morgan fingerprint density at radius 2 is 1.85 bits per heavy atom. The van der Waals surface area contributed by atoms with Gasteiger partial charge in [-0.25, -0.2) is 18.2 Å². The van der Waals surface area contributed by atoms with Crippen LogP contribution in [0.3, 0.4) is 0 Å². The molecule has 0 aliphatic rings. The molecule has 136 valence electrons. The first kappa shape index (κ1) is 17.9. The van der Waals surface area contributed by atoms with Crippen molar-refractivity contribution < 1.29 is 8.42 Å². The Balaban J connectivity index is 2.12. The molecule has 0 unspecified atom stereocenters. The summed E-state index contributed by atoms with van der Waals surface area (Å²) in [6, 6.07) is 8.29. The standard InChI is InChI=1S/C17H18N4O4S/c1-4-11-6-5-7-12(8-11)19-26(24,25)13-9-14-15(18-10-13)20(2)17(23)21(3)16(14)22/h5-10,19H,4H2,1-3H3. The maximum absolute atomic E-state index is 12.7. The molecular weight excluding hydrogens is 356 g/mol. The lowest BCUT2D eigenvalue weighted by Gasteiger charge is -2.11. The molecule has 2 heterocycles. The largest absolute Gasteiger partial charge is 0.332 e. The Morgan fingerprint density at radius 3 is 2.54 bits per heavy atom. The Bertz CT molecular complexity index is 1230. The van der Waals surface area contributed by atoms with E-state index in [9.17, 15) is 18.0 Å². The highest BCUT2D eigenvalue weighted by Crippen LogP contribution is 2.18. The second-order valence-electron chi connectivity index (χ2n) is 5.91. The molecule has 1 aromatic carbocycles. The molecule has 0 atom stereocenters. The number of hydrogen-bond acceptors (Lipinski definition) is 5. The highest BCUT2D eigenvalue weighted by molar-refractivity contribution is 7.92. The smallest absolute Gasteiger partial charge is 0.280 e. The third kappa shape index (κ3) is 3.01. The van der Waals surface area contributed by atoms with E-state index in [0.717, 1.165) is 22.7 Å². The van der Waals surface area contributed by atoms with E-state index in [2.05, 4.69) is 9.71 Å². The number of aryl methyl sites for hydroxylation is 2. The number of benzene rings is 1. The molecule has 3 rings (SSSR count). The van der Waals surface area contributed by atoms with Crippen molar-refractivity contribution in [2.45, 2.75) is 18.2 Å². The summed E-state index contributed by atoms with van der Waals surface area (Å²) in [5.74, 6) is 0. The number of nitrogens with one attached hydrogen (secondary N) is 1. The molecule has 0 bridgehead atoms. The average Bonchev–Trinajstić information content (AvgIpc) is 2.64. The quantitative estimate of drug-likeness (QED) is 0.734. The van der Waals surface area contributed by atoms with Crippen LogP contribution in [0, 0.1) is 0 Å². The Morgan fingerprint density at radius 1 is 1.12 bits per heavy atom. The minimum atomic E-state index is -3.93. The molecule has 0 saturated heterocycles. The van der Waals surface area contributed by atoms with Crippen molar-refractivity contribution in [3.63, 3.8) is 0 Å². The summed E-state index contributed by atoms with van der Waals surface area (Å²) in [6.45, 7) is 1.97. The molecule has 0 spiro atoms. The van der Waals surface area contributed by atoms with Crippen molar-refractivity contribution >= 4 is 26.7 Å². The van der Waals surface area contributed by atoms with Crippen molar-refractivity contribution in [3.05, 3.63) is 62.9 Å². The van der Waals surface area contributed by atoms with Crippen LogP contribution in [0.4, 0.5) is 5.69 Å². The van der Waals surface area contributed by atoms with Crippen LogP contribution in [-0.4, -0.2) is 22.5 Å². The topological polar surface area (TPSA) is 103 Å². The van der Waals surface area contributed by atoms with Crippen LogP contribution in [0.5, 0.6) is 0 Å². The van der Waals surface area contributed by atoms with Crippen LogP contribution in [-0.2, 0) is 30.5 Å². The van der Waals surface area contributed by atoms with Crippen LogP contribution in [0.15, 0.2) is 51.0 Å². The third-order valence-corrected chi connectivity index (χ3v) is 5.51. The van der Waals surface area contributed by atoms with Gasteiger partial charge in [0, 0.05) is 26.0 Å². The number of nitrogens with zero attached hydrogens (tertiary/aromatic N) is 3. The number of sulfonamides is 1. The zero-order valence-corrected chi connectivity index (χ0v) is 15.4. The summed E-state index contributed by atoms with van der Waals surface area (Å²) in [7, 11) is -1.13. The van der Waals surface area contributed by atoms with Crippen LogP contribution in [0.2, 0.25) is 0 Å². The van der Waals surface area contributed by atoms with E-state index in [-0.39, 0.29) is 15.9 Å². The average molecular weight is 374 g/mol. The number of rotatable bonds is 4. The van der Waals surface area contributed by atoms with Crippen molar-refractivity contribution in [1.29, 1.82) is 0 Å². The number of hydrogen-bond donors (Lipinski definition) is 1. The molecule has 0 aliphatic carbocycles. The van der Waals surface area contributed by atoms with Gasteiger partial charge in [0.05, 0.1) is 5.39 Å². The Kier molecular flexibility index (Phi) is 4.41. The lowest BCUT2D eigenvalue weighted by atomic mass is 10.1. The predicted octanol–water partition coefficient (Wildman–Crippen LogP) is 0.995. The Hall–Kier alpha value is -2.94. The summed E-state index contributed by atoms with van der Waals surface area (Å²) in [5, 5.41) is 0.0554. The number of aromatic nitrogens is 3. The van der Waals surface area contributed by atoms with Gasteiger partial charge >= 0.3 is 5.69 Å². The minimum absolute atomic E-state index is 0.0554. The molecule has 3 aromatic rings. The highest BCUT2D eigenvalue weighted by Gasteiger charge is 2.18. The lowest BCUT2D eigenvalue weighted by molar-refractivity contribution is 0.601. The third-order valence-electron chi connectivity index (χ3n) is 4.17. The molecule has 0 aliphatic heterocycles. The second-order valence-corrected chi connectivity index (χ2v) is 7.59. The molecule has 0 radical (unpaired) electrons. The van der Waals surface area contributed by atoms with E-state index < -0.39 is 21.3 Å². The predicted molar refractivity (Wildman–Crippen MR) is 98.9 cm³/mol. The molecule has 9 heteroatoms. The molecule has 2 aromatic heterocycles. The fraction of sp³-hybridized carbons (Fsp3) is 0.235. The van der Waals surface area contributed by atoms with Crippen LogP contribution in [0.1, 0.15) is 12.5 Å². The van der Waals surface area contributed by atoms with Crippen LogP contribution >= 0.6 is 0 Å². The van der Waals surface area contributed by atoms with Gasteiger partial charge in [-0.2, -0.15) is 0 Å². The van der Waals surface area contributed by atoms with Gasteiger partial charge < -0.3 is 0 Å². The number of pyridine rings is 1. The van der Waals surface area contributed by atoms with Crippen LogP contribution < -0.4 is 16.0 Å². The molecule has 26 heavy (non-hydrogen) atoms. The molecule has 8 nitrogen and oxygen atoms in total. The normalized spacial score (nSPS) is 11.7. The molecule has 0 amide bonds. The van der Waals surface area contributed by atoms with Gasteiger partial charge in [0.2, 0.25) is 0 Å². The van der Waals surface area contributed by atoms with E-state index in [1.54, 1.807) is 18.2 Å². The van der Waals surface area contributed by atoms with Gasteiger partial charge in [0.1, 0.15) is 10.5 Å². The van der Waals surface area contributed by atoms with Gasteiger partial charge in [-0.05, 0) is 30.2 Å². The SMILES string of the molecule is CCc1cccc(NS(=O)(=O)c2cnc3c(c2)c(=O)n(C)c(=O)n3C)c1. The van der Waals surface area contributed by atoms with Crippen molar-refractivity contribution in [1.82, 2.24) is 14.1 Å². The molecule has 0 saturated carbocycles. The minimum Gasteiger partial charge on any atom is -0.280 e. The summed E-state index contributed by atoms with van der Waals surface area (Å²) < 4.78 is 29.9. The summed E-state index contributed by atoms with van der Waals surface area (Å²) >= 11 is 0. The number of anilines is 1. The zero-order chi connectivity index (χ0) is 19.1. The maximum atomic E-state index is 12.7. The fourth-order valence-corrected chi connectivity index (χ4v) is 3.68. The van der Waals surface area contributed by atoms with Gasteiger partial charge in [0.25, 0.3) is 15.6 Å². The summed E-state index contributed by atoms with van der Waals surface area (Å²) in [6.07, 6.45) is 1.91. The van der Waals surface area contributed by atoms with Crippen molar-refractivity contribution in [2.75, 3.05) is 4.72 Å². The number of fused-ring (bicyclic) bond motifs is 1. The van der Waals surface area contributed by atoms with Crippen LogP contribution in [0.25, 0.3) is 11.0 Å². The highest BCUT2D eigenvalue weighted by atomic mass is 32.2. The van der Waals surface area contributed by atoms with E-state index in [1.165, 1.54) is 24.7 Å². The van der Waals surface area contributed by atoms with E-state index in [1.807, 2.05) is 13.0 Å². The zero-order valence-electron chi connectivity index (χ0n) is 14.6. The van der Waals surface area contributed by atoms with Gasteiger partial charge in [-0.15, -0.1) is 0 Å². The van der Waals surface area contributed by atoms with Gasteiger partial charge in [-0.3, -0.25) is 18.7 Å². The van der Waals surface area contributed by atoms with Crippen molar-refractivity contribution in [3.8, 4) is 0 Å². The monoisotopic (exact) mass is 374 g/mol. The molecular formula is C17H18N4O4S. The van der Waals surface area contributed by atoms with Crippen molar-refractivity contribution in [2.24, 2.45) is 14.1 Å². The first-order valence-corrected chi connectivity index (χ1v) is 9.40. The summed E-state index contributed by atoms with van der Waals surface area (Å²) in [4.78, 5) is 28.1. The second kappa shape index (κ2) is 6.41. The van der Waals surface area contributed by atoms with E-state index >= 15 is 0 Å². The maximum Gasteiger partial charge on any atom is 0.332 e. The van der Waals surface area contributed by atoms with E-state index in [0.29, 0.717) is 5.69 Å². The molecule has 0 fully saturated rings. The first-order valence-electron chi connectivity index (χ1n) is 7.92. The molecule has 1 N–H and O–H groups in total. The van der Waals surface area contributed by atoms with Gasteiger partial charge in [0.15, 0.2) is 0 Å². The fourth-order valence-electron chi connectivity index (χ4n) is 2.66.